The van der Waals surface area contributed by atoms with E-state index in [9.17, 15) is 15.2 Å². The molecule has 0 radical (unpaired) electrons. The number of aliphatic imine (C=N–C) groups is 1. The number of non-ortho nitro benzene ring substituents is 1. The van der Waals surface area contributed by atoms with Gasteiger partial charge in [0.1, 0.15) is 5.75 Å². The first kappa shape index (κ1) is 15.9. The minimum Gasteiger partial charge on any atom is -0.507 e. The lowest BCUT2D eigenvalue weighted by molar-refractivity contribution is -0.384. The largest absolute Gasteiger partial charge is 0.507 e. The van der Waals surface area contributed by atoms with Crippen molar-refractivity contribution in [3.05, 3.63) is 58.1 Å². The third-order valence-corrected chi connectivity index (χ3v) is 3.80. The summed E-state index contributed by atoms with van der Waals surface area (Å²) in [5.74, 6) is -0.0470. The molecule has 0 spiro atoms. The van der Waals surface area contributed by atoms with Gasteiger partial charge in [0.05, 0.1) is 23.8 Å². The summed E-state index contributed by atoms with van der Waals surface area (Å²) in [6.07, 6.45) is 1.42. The monoisotopic (exact) mass is 327 g/mol. The number of phenols is 1. The average Bonchev–Trinajstić information content (AvgIpc) is 2.62. The van der Waals surface area contributed by atoms with Crippen molar-refractivity contribution < 1.29 is 14.8 Å². The molecular formula is C17H17N3O4. The van der Waals surface area contributed by atoms with Crippen molar-refractivity contribution in [2.24, 2.45) is 4.99 Å². The van der Waals surface area contributed by atoms with E-state index in [1.165, 1.54) is 24.4 Å². The highest BCUT2D eigenvalue weighted by molar-refractivity contribution is 5.86. The number of ether oxygens (including phenoxy) is 1. The first-order chi connectivity index (χ1) is 11.6. The van der Waals surface area contributed by atoms with Gasteiger partial charge in [-0.1, -0.05) is 0 Å². The summed E-state index contributed by atoms with van der Waals surface area (Å²) in [5, 5.41) is 20.6. The highest BCUT2D eigenvalue weighted by atomic mass is 16.6. The summed E-state index contributed by atoms with van der Waals surface area (Å²) in [5.41, 5.74) is 2.03. The fraction of sp³-hybridized carbons (Fsp3) is 0.235. The molecule has 0 aromatic heterocycles. The Morgan fingerprint density at radius 3 is 2.54 bits per heavy atom. The van der Waals surface area contributed by atoms with E-state index >= 15 is 0 Å². The molecule has 0 unspecified atom stereocenters. The van der Waals surface area contributed by atoms with Crippen LogP contribution in [0, 0.1) is 10.1 Å². The summed E-state index contributed by atoms with van der Waals surface area (Å²) in [6.45, 7) is 3.19. The summed E-state index contributed by atoms with van der Waals surface area (Å²) >= 11 is 0. The van der Waals surface area contributed by atoms with E-state index < -0.39 is 4.92 Å². The van der Waals surface area contributed by atoms with Crippen LogP contribution < -0.4 is 4.90 Å². The molecule has 7 heteroatoms. The predicted molar refractivity (Wildman–Crippen MR) is 91.5 cm³/mol. The molecule has 7 nitrogen and oxygen atoms in total. The van der Waals surface area contributed by atoms with Crippen LogP contribution in [0.5, 0.6) is 5.75 Å². The fourth-order valence-electron chi connectivity index (χ4n) is 2.47. The maximum absolute atomic E-state index is 10.8. The van der Waals surface area contributed by atoms with Gasteiger partial charge in [0.15, 0.2) is 0 Å². The topological polar surface area (TPSA) is 88.2 Å². The third kappa shape index (κ3) is 3.69. The summed E-state index contributed by atoms with van der Waals surface area (Å²) in [7, 11) is 0. The van der Waals surface area contributed by atoms with Crippen molar-refractivity contribution in [3.63, 3.8) is 0 Å². The highest BCUT2D eigenvalue weighted by Crippen LogP contribution is 2.24. The Morgan fingerprint density at radius 2 is 1.88 bits per heavy atom. The van der Waals surface area contributed by atoms with Crippen molar-refractivity contribution in [1.29, 1.82) is 0 Å². The second-order valence-electron chi connectivity index (χ2n) is 5.37. The average molecular weight is 327 g/mol. The number of nitro benzene ring substituents is 1. The van der Waals surface area contributed by atoms with Crippen molar-refractivity contribution in [2.45, 2.75) is 0 Å². The van der Waals surface area contributed by atoms with E-state index in [2.05, 4.69) is 9.89 Å². The molecule has 1 N–H and O–H groups in total. The molecule has 0 bridgehead atoms. The van der Waals surface area contributed by atoms with Crippen LogP contribution in [0.3, 0.4) is 0 Å². The molecule has 0 amide bonds. The number of benzene rings is 2. The normalized spacial score (nSPS) is 14.9. The molecule has 2 aromatic carbocycles. The molecule has 1 saturated heterocycles. The number of nitrogens with zero attached hydrogens (tertiary/aromatic N) is 3. The summed E-state index contributed by atoms with van der Waals surface area (Å²) in [4.78, 5) is 16.8. The Kier molecular flexibility index (Phi) is 4.72. The van der Waals surface area contributed by atoms with Crippen LogP contribution in [0.4, 0.5) is 17.1 Å². The van der Waals surface area contributed by atoms with Gasteiger partial charge in [-0.2, -0.15) is 0 Å². The Bertz CT molecular complexity index is 753. The van der Waals surface area contributed by atoms with Gasteiger partial charge in [0.25, 0.3) is 5.69 Å². The Labute approximate surface area is 139 Å². The second kappa shape index (κ2) is 7.10. The lowest BCUT2D eigenvalue weighted by Gasteiger charge is -2.28. The Hall–Kier alpha value is -2.93. The van der Waals surface area contributed by atoms with Gasteiger partial charge in [-0.15, -0.1) is 0 Å². The van der Waals surface area contributed by atoms with Crippen molar-refractivity contribution in [3.8, 4) is 5.75 Å². The SMILES string of the molecule is O=[N+]([O-])c1ccc(O)c(/C=N/c2ccc(N3CCOCC3)cc2)c1. The van der Waals surface area contributed by atoms with Crippen LogP contribution in [-0.4, -0.2) is 42.5 Å². The zero-order valence-electron chi connectivity index (χ0n) is 13.0. The van der Waals surface area contributed by atoms with Crippen LogP contribution >= 0.6 is 0 Å². The molecule has 0 atom stereocenters. The van der Waals surface area contributed by atoms with Gasteiger partial charge >= 0.3 is 0 Å². The zero-order valence-corrected chi connectivity index (χ0v) is 13.0. The lowest BCUT2D eigenvalue weighted by Crippen LogP contribution is -2.36. The van der Waals surface area contributed by atoms with Gasteiger partial charge in [-0.3, -0.25) is 15.1 Å². The molecule has 0 aliphatic carbocycles. The van der Waals surface area contributed by atoms with Gasteiger partial charge in [-0.05, 0) is 30.3 Å². The first-order valence-electron chi connectivity index (χ1n) is 7.58. The molecule has 24 heavy (non-hydrogen) atoms. The van der Waals surface area contributed by atoms with Gasteiger partial charge in [0.2, 0.25) is 0 Å². The molecule has 124 valence electrons. The molecule has 2 aromatic rings. The van der Waals surface area contributed by atoms with E-state index in [0.717, 1.165) is 32.0 Å². The number of anilines is 1. The number of phenolic OH excluding ortho intramolecular Hbond substituents is 1. The number of rotatable bonds is 4. The molecular weight excluding hydrogens is 310 g/mol. The Balaban J connectivity index is 1.75. The minimum absolute atomic E-state index is 0.0470. The number of morpholine rings is 1. The van der Waals surface area contributed by atoms with E-state index in [0.29, 0.717) is 11.3 Å². The van der Waals surface area contributed by atoms with Crippen molar-refractivity contribution in [2.75, 3.05) is 31.2 Å². The van der Waals surface area contributed by atoms with Crippen molar-refractivity contribution >= 4 is 23.3 Å². The van der Waals surface area contributed by atoms with Crippen LogP contribution in [0.25, 0.3) is 0 Å². The molecule has 1 aliphatic heterocycles. The van der Waals surface area contributed by atoms with Crippen LogP contribution in [-0.2, 0) is 4.74 Å². The molecule has 1 aliphatic rings. The van der Waals surface area contributed by atoms with Crippen molar-refractivity contribution in [1.82, 2.24) is 0 Å². The summed E-state index contributed by atoms with van der Waals surface area (Å²) in [6, 6.07) is 11.5. The predicted octanol–water partition coefficient (Wildman–Crippen LogP) is 2.89. The van der Waals surface area contributed by atoms with Gasteiger partial charge < -0.3 is 14.7 Å². The van der Waals surface area contributed by atoms with Crippen LogP contribution in [0.15, 0.2) is 47.5 Å². The van der Waals surface area contributed by atoms with Gasteiger partial charge in [-0.25, -0.2) is 0 Å². The smallest absolute Gasteiger partial charge is 0.270 e. The van der Waals surface area contributed by atoms with Gasteiger partial charge in [0, 0.05) is 42.7 Å². The number of hydrogen-bond donors (Lipinski definition) is 1. The van der Waals surface area contributed by atoms with Crippen LogP contribution in [0.1, 0.15) is 5.56 Å². The third-order valence-electron chi connectivity index (χ3n) is 3.80. The first-order valence-corrected chi connectivity index (χ1v) is 7.58. The molecule has 1 fully saturated rings. The van der Waals surface area contributed by atoms with E-state index in [4.69, 9.17) is 4.74 Å². The maximum Gasteiger partial charge on any atom is 0.270 e. The van der Waals surface area contributed by atoms with E-state index in [1.807, 2.05) is 24.3 Å². The van der Waals surface area contributed by atoms with E-state index in [1.54, 1.807) is 0 Å². The Morgan fingerprint density at radius 1 is 1.17 bits per heavy atom. The minimum atomic E-state index is -0.506. The molecule has 1 heterocycles. The zero-order chi connectivity index (χ0) is 16.9. The lowest BCUT2D eigenvalue weighted by atomic mass is 10.2. The van der Waals surface area contributed by atoms with E-state index in [-0.39, 0.29) is 11.4 Å². The summed E-state index contributed by atoms with van der Waals surface area (Å²) < 4.78 is 5.33. The number of nitro groups is 1. The van der Waals surface area contributed by atoms with Crippen LogP contribution in [0.2, 0.25) is 0 Å². The molecule has 0 saturated carbocycles. The second-order valence-corrected chi connectivity index (χ2v) is 5.37. The quantitative estimate of drug-likeness (QED) is 0.530. The highest BCUT2D eigenvalue weighted by Gasteiger charge is 2.11. The number of hydrogen-bond acceptors (Lipinski definition) is 6. The standard InChI is InChI=1S/C17H17N3O4/c21-17-6-5-16(20(22)23)11-13(17)12-18-14-1-3-15(4-2-14)19-7-9-24-10-8-19/h1-6,11-12,21H,7-10H2/b18-12+. The number of aromatic hydroxyl groups is 1. The molecule has 3 rings (SSSR count). The maximum atomic E-state index is 10.8. The fourth-order valence-corrected chi connectivity index (χ4v) is 2.47.